The Morgan fingerprint density at radius 2 is 2.07 bits per heavy atom. The Kier molecular flexibility index (Phi) is 4.86. The van der Waals surface area contributed by atoms with Gasteiger partial charge in [-0.25, -0.2) is 0 Å². The molecule has 29 heavy (non-hydrogen) atoms. The minimum Gasteiger partial charge on any atom is -0.383 e. The van der Waals surface area contributed by atoms with Crippen LogP contribution in [0.15, 0.2) is 34.6 Å². The van der Waals surface area contributed by atoms with Gasteiger partial charge < -0.3 is 14.5 Å². The molecule has 3 aliphatic heterocycles. The Bertz CT molecular complexity index is 790. The molecule has 0 aromatic carbocycles. The number of likely N-dealkylation sites (N-methyl/N-ethyl adjacent to an activating group) is 1. The van der Waals surface area contributed by atoms with Gasteiger partial charge >= 0.3 is 0 Å². The van der Waals surface area contributed by atoms with Crippen LogP contribution in [-0.4, -0.2) is 79.1 Å². The molecule has 5 heteroatoms. The van der Waals surface area contributed by atoms with E-state index < -0.39 is 0 Å². The second-order valence-corrected chi connectivity index (χ2v) is 9.58. The molecule has 0 aromatic heterocycles. The fraction of sp³-hybridized carbons (Fsp3) is 0.708. The van der Waals surface area contributed by atoms with Crippen molar-refractivity contribution in [2.45, 2.75) is 45.1 Å². The van der Waals surface area contributed by atoms with E-state index in [-0.39, 0.29) is 11.4 Å². The number of fused-ring (bicyclic) bond motifs is 1. The first-order valence-corrected chi connectivity index (χ1v) is 11.5. The fourth-order valence-corrected chi connectivity index (χ4v) is 6.03. The molecule has 0 aromatic rings. The van der Waals surface area contributed by atoms with E-state index >= 15 is 0 Å². The molecule has 5 nitrogen and oxygen atoms in total. The smallest absolute Gasteiger partial charge is 0.253 e. The number of hydrogen-bond donors (Lipinski definition) is 0. The lowest BCUT2D eigenvalue weighted by molar-refractivity contribution is -0.128. The maximum Gasteiger partial charge on any atom is 0.253 e. The Morgan fingerprint density at radius 3 is 2.79 bits per heavy atom. The highest BCUT2D eigenvalue weighted by atomic mass is 16.5. The van der Waals surface area contributed by atoms with Gasteiger partial charge in [-0.15, -0.1) is 0 Å². The van der Waals surface area contributed by atoms with Crippen LogP contribution >= 0.6 is 0 Å². The van der Waals surface area contributed by atoms with Crippen LogP contribution in [0, 0.1) is 11.8 Å². The highest BCUT2D eigenvalue weighted by molar-refractivity contribution is 5.97. The van der Waals surface area contributed by atoms with Crippen molar-refractivity contribution < 1.29 is 9.53 Å². The van der Waals surface area contributed by atoms with Gasteiger partial charge in [-0.1, -0.05) is 19.9 Å². The number of hydrogen-bond acceptors (Lipinski definition) is 4. The summed E-state index contributed by atoms with van der Waals surface area (Å²) in [5.41, 5.74) is 5.54. The molecule has 1 spiro atoms. The first-order chi connectivity index (χ1) is 14.1. The summed E-state index contributed by atoms with van der Waals surface area (Å²) in [4.78, 5) is 20.6. The monoisotopic (exact) mass is 397 g/mol. The van der Waals surface area contributed by atoms with Crippen LogP contribution in [0.5, 0.6) is 0 Å². The minimum atomic E-state index is 0.118. The lowest BCUT2D eigenvalue weighted by Gasteiger charge is -2.34. The Labute approximate surface area is 175 Å². The van der Waals surface area contributed by atoms with Gasteiger partial charge in [0.15, 0.2) is 0 Å². The maximum absolute atomic E-state index is 13.3. The number of nitrogens with zero attached hydrogens (tertiary/aromatic N) is 3. The van der Waals surface area contributed by atoms with Crippen molar-refractivity contribution in [3.05, 3.63) is 34.6 Å². The predicted molar refractivity (Wildman–Crippen MR) is 114 cm³/mol. The molecule has 5 aliphatic rings. The fourth-order valence-electron chi connectivity index (χ4n) is 6.03. The van der Waals surface area contributed by atoms with Gasteiger partial charge in [0.2, 0.25) is 0 Å². The van der Waals surface area contributed by atoms with Crippen LogP contribution in [0.4, 0.5) is 0 Å². The normalized spacial score (nSPS) is 31.9. The van der Waals surface area contributed by atoms with Crippen molar-refractivity contribution in [1.29, 1.82) is 0 Å². The molecule has 5 rings (SSSR count). The van der Waals surface area contributed by atoms with E-state index in [0.717, 1.165) is 83.0 Å². The third kappa shape index (κ3) is 3.00. The minimum absolute atomic E-state index is 0.118. The van der Waals surface area contributed by atoms with E-state index in [9.17, 15) is 4.79 Å². The molecule has 2 aliphatic carbocycles. The second kappa shape index (κ2) is 7.28. The molecule has 0 N–H and O–H groups in total. The average molecular weight is 398 g/mol. The number of methoxy groups -OCH3 is 1. The van der Waals surface area contributed by atoms with Crippen LogP contribution in [0.1, 0.15) is 39.5 Å². The van der Waals surface area contributed by atoms with Gasteiger partial charge in [0.25, 0.3) is 5.91 Å². The van der Waals surface area contributed by atoms with E-state index in [1.165, 1.54) is 16.8 Å². The van der Waals surface area contributed by atoms with E-state index in [1.54, 1.807) is 7.11 Å². The highest BCUT2D eigenvalue weighted by Gasteiger charge is 2.65. The van der Waals surface area contributed by atoms with E-state index in [4.69, 9.17) is 4.74 Å². The predicted octanol–water partition coefficient (Wildman–Crippen LogP) is 2.81. The highest BCUT2D eigenvalue weighted by Crippen LogP contribution is 2.64. The number of piperidine rings is 1. The van der Waals surface area contributed by atoms with Gasteiger partial charge in [0.05, 0.1) is 12.1 Å². The van der Waals surface area contributed by atoms with Gasteiger partial charge in [-0.2, -0.15) is 0 Å². The number of ether oxygens (including phenoxy) is 1. The SMILES string of the molecule is CCN1CCC2=C(C1)C1=CC(C(=O)N3CCC(C)CC3)=CC3CC13N2CCOC. The average Bonchev–Trinajstić information content (AvgIpc) is 3.42. The zero-order valence-corrected chi connectivity index (χ0v) is 18.2. The quantitative estimate of drug-likeness (QED) is 0.715. The number of carbonyl (C=O) groups is 1. The van der Waals surface area contributed by atoms with E-state index in [2.05, 4.69) is 40.7 Å². The van der Waals surface area contributed by atoms with E-state index in [1.807, 2.05) is 0 Å². The number of carbonyl (C=O) groups excluding carboxylic acids is 1. The Balaban J connectivity index is 1.45. The summed E-state index contributed by atoms with van der Waals surface area (Å²) in [6.07, 6.45) is 9.09. The number of rotatable bonds is 5. The van der Waals surface area contributed by atoms with Crippen molar-refractivity contribution in [3.63, 3.8) is 0 Å². The molecule has 0 radical (unpaired) electrons. The third-order valence-electron chi connectivity index (χ3n) is 7.94. The van der Waals surface area contributed by atoms with Crippen molar-refractivity contribution in [2.24, 2.45) is 11.8 Å². The van der Waals surface area contributed by atoms with Gasteiger partial charge in [-0.05, 0) is 48.9 Å². The molecule has 1 saturated heterocycles. The van der Waals surface area contributed by atoms with Gasteiger partial charge in [0.1, 0.15) is 0 Å². The summed E-state index contributed by atoms with van der Waals surface area (Å²) in [5.74, 6) is 1.47. The van der Waals surface area contributed by atoms with Gasteiger partial charge in [0, 0.05) is 63.4 Å². The molecule has 0 bridgehead atoms. The first-order valence-electron chi connectivity index (χ1n) is 11.5. The summed E-state index contributed by atoms with van der Waals surface area (Å²) in [6.45, 7) is 11.3. The zero-order valence-electron chi connectivity index (χ0n) is 18.2. The van der Waals surface area contributed by atoms with Crippen LogP contribution in [0.3, 0.4) is 0 Å². The second-order valence-electron chi connectivity index (χ2n) is 9.58. The lowest BCUT2D eigenvalue weighted by atomic mass is 9.89. The molecule has 1 amide bonds. The molecule has 158 valence electrons. The lowest BCUT2D eigenvalue weighted by Crippen LogP contribution is -2.41. The summed E-state index contributed by atoms with van der Waals surface area (Å²) in [6, 6.07) is 0. The van der Waals surface area contributed by atoms with Crippen LogP contribution < -0.4 is 0 Å². The zero-order chi connectivity index (χ0) is 20.2. The molecule has 2 atom stereocenters. The van der Waals surface area contributed by atoms with Crippen molar-refractivity contribution >= 4 is 5.91 Å². The Hall–Kier alpha value is -1.59. The Morgan fingerprint density at radius 1 is 1.28 bits per heavy atom. The third-order valence-corrected chi connectivity index (χ3v) is 7.94. The topological polar surface area (TPSA) is 36.0 Å². The number of likely N-dealkylation sites (tertiary alicyclic amines) is 1. The summed E-state index contributed by atoms with van der Waals surface area (Å²) in [7, 11) is 1.79. The first kappa shape index (κ1) is 19.4. The largest absolute Gasteiger partial charge is 0.383 e. The van der Waals surface area contributed by atoms with Crippen molar-refractivity contribution in [2.75, 3.05) is 53.0 Å². The van der Waals surface area contributed by atoms with Gasteiger partial charge in [-0.3, -0.25) is 9.69 Å². The van der Waals surface area contributed by atoms with Crippen LogP contribution in [0.2, 0.25) is 0 Å². The molecule has 2 fully saturated rings. The standard InChI is InChI=1S/C24H35N3O2/c1-4-25-8-7-22-20(16-25)21-14-18(23(28)26-9-5-17(2)6-10-26)13-19-15-24(19,21)27(22)11-12-29-3/h13-14,17,19H,4-12,15-16H2,1-3H3. The summed E-state index contributed by atoms with van der Waals surface area (Å²) in [5, 5.41) is 0. The molecule has 1 saturated carbocycles. The molecule has 2 unspecified atom stereocenters. The van der Waals surface area contributed by atoms with Crippen molar-refractivity contribution in [1.82, 2.24) is 14.7 Å². The number of amides is 1. The van der Waals surface area contributed by atoms with Crippen LogP contribution in [-0.2, 0) is 9.53 Å². The molecule has 3 heterocycles. The summed E-state index contributed by atoms with van der Waals surface area (Å²) < 4.78 is 5.45. The van der Waals surface area contributed by atoms with Crippen molar-refractivity contribution in [3.8, 4) is 0 Å². The summed E-state index contributed by atoms with van der Waals surface area (Å²) >= 11 is 0. The molecular weight excluding hydrogens is 362 g/mol. The maximum atomic E-state index is 13.3. The molecular formula is C24H35N3O2. The van der Waals surface area contributed by atoms with E-state index in [0.29, 0.717) is 5.92 Å². The van der Waals surface area contributed by atoms with Crippen LogP contribution in [0.25, 0.3) is 0 Å².